The van der Waals surface area contributed by atoms with Gasteiger partial charge in [0.2, 0.25) is 11.5 Å². The van der Waals surface area contributed by atoms with E-state index in [-0.39, 0.29) is 28.7 Å². The topological polar surface area (TPSA) is 80.5 Å². The van der Waals surface area contributed by atoms with Gasteiger partial charge in [-0.3, -0.25) is 4.79 Å². The number of nitrogens with zero attached hydrogens (tertiary/aromatic N) is 2. The maximum Gasteiger partial charge on any atom is 0.213 e. The number of phenolic OH excluding ortho intramolecular Hbond substituents is 1. The van der Waals surface area contributed by atoms with E-state index in [9.17, 15) is 9.90 Å². The molecular weight excluding hydrogens is 368 g/mol. The van der Waals surface area contributed by atoms with Crippen LogP contribution in [0.5, 0.6) is 17.2 Å². The van der Waals surface area contributed by atoms with E-state index < -0.39 is 0 Å². The summed E-state index contributed by atoms with van der Waals surface area (Å²) in [6, 6.07) is 21.3. The van der Waals surface area contributed by atoms with Crippen LogP contribution in [0.1, 0.15) is 21.5 Å². The number of carbonyl (C=O) groups is 1. The van der Waals surface area contributed by atoms with E-state index in [2.05, 4.69) is 10.2 Å². The summed E-state index contributed by atoms with van der Waals surface area (Å²) in [7, 11) is 2.89. The lowest BCUT2D eigenvalue weighted by Crippen LogP contribution is -2.15. The van der Waals surface area contributed by atoms with Crippen LogP contribution in [-0.2, 0) is 0 Å². The fraction of sp³-hybridized carbons (Fsp3) is 0.0870. The largest absolute Gasteiger partial charge is 0.502 e. The minimum Gasteiger partial charge on any atom is -0.502 e. The monoisotopic (exact) mass is 388 g/mol. The average molecular weight is 388 g/mol. The Morgan fingerprint density at radius 3 is 1.90 bits per heavy atom. The molecule has 1 N–H and O–H groups in total. The van der Waals surface area contributed by atoms with Gasteiger partial charge in [-0.15, -0.1) is 5.10 Å². The molecule has 0 aliphatic heterocycles. The van der Waals surface area contributed by atoms with Crippen molar-refractivity contribution in [3.05, 3.63) is 89.5 Å². The van der Waals surface area contributed by atoms with Crippen molar-refractivity contribution in [2.75, 3.05) is 14.2 Å². The van der Waals surface area contributed by atoms with Crippen LogP contribution in [0, 0.1) is 0 Å². The van der Waals surface area contributed by atoms with Gasteiger partial charge in [-0.25, -0.2) is 0 Å². The number of aromatic hydroxyl groups is 1. The molecule has 0 aliphatic carbocycles. The Bertz CT molecular complexity index is 1020. The Kier molecular flexibility index (Phi) is 6.37. The molecule has 146 valence electrons. The van der Waals surface area contributed by atoms with Gasteiger partial charge in [-0.05, 0) is 12.1 Å². The molecule has 0 spiro atoms. The van der Waals surface area contributed by atoms with Crippen molar-refractivity contribution in [3.63, 3.8) is 0 Å². The summed E-state index contributed by atoms with van der Waals surface area (Å²) in [5.74, 6) is 0.173. The number of ether oxygens (including phenoxy) is 2. The number of rotatable bonds is 7. The Balaban J connectivity index is 1.98. The van der Waals surface area contributed by atoms with Gasteiger partial charge in [0.05, 0.1) is 20.4 Å². The number of hydrogen-bond donors (Lipinski definition) is 1. The Hall–Kier alpha value is -3.93. The van der Waals surface area contributed by atoms with Crippen molar-refractivity contribution in [2.45, 2.75) is 0 Å². The van der Waals surface area contributed by atoms with Gasteiger partial charge in [-0.2, -0.15) is 5.10 Å². The van der Waals surface area contributed by atoms with Crippen molar-refractivity contribution >= 4 is 17.7 Å². The summed E-state index contributed by atoms with van der Waals surface area (Å²) in [6.07, 6.45) is 1.46. The van der Waals surface area contributed by atoms with E-state index in [0.717, 1.165) is 0 Å². The number of ketones is 1. The molecule has 0 saturated heterocycles. The molecule has 0 aliphatic rings. The second-order valence-electron chi connectivity index (χ2n) is 6.03. The van der Waals surface area contributed by atoms with Crippen molar-refractivity contribution in [2.24, 2.45) is 10.2 Å². The highest BCUT2D eigenvalue weighted by atomic mass is 16.5. The van der Waals surface area contributed by atoms with Crippen LogP contribution in [0.15, 0.2) is 83.0 Å². The average Bonchev–Trinajstić information content (AvgIpc) is 2.78. The van der Waals surface area contributed by atoms with Crippen molar-refractivity contribution in [1.29, 1.82) is 0 Å². The highest BCUT2D eigenvalue weighted by molar-refractivity contribution is 6.51. The van der Waals surface area contributed by atoms with Gasteiger partial charge in [-0.1, -0.05) is 60.7 Å². The summed E-state index contributed by atoms with van der Waals surface area (Å²) in [5, 5.41) is 18.3. The quantitative estimate of drug-likeness (QED) is 0.375. The third-order valence-corrected chi connectivity index (χ3v) is 4.16. The molecule has 3 rings (SSSR count). The first-order chi connectivity index (χ1) is 14.1. The predicted octanol–water partition coefficient (Wildman–Crippen LogP) is 4.12. The maximum absolute atomic E-state index is 13.0. The predicted molar refractivity (Wildman–Crippen MR) is 113 cm³/mol. The van der Waals surface area contributed by atoms with E-state index in [0.29, 0.717) is 16.7 Å². The van der Waals surface area contributed by atoms with Gasteiger partial charge < -0.3 is 14.6 Å². The number of hydrogen-bond acceptors (Lipinski definition) is 6. The normalized spacial score (nSPS) is 11.4. The lowest BCUT2D eigenvalue weighted by molar-refractivity contribution is 0.106. The highest BCUT2D eigenvalue weighted by Crippen LogP contribution is 2.36. The van der Waals surface area contributed by atoms with Crippen molar-refractivity contribution in [3.8, 4) is 17.2 Å². The zero-order valence-corrected chi connectivity index (χ0v) is 16.1. The third-order valence-electron chi connectivity index (χ3n) is 4.16. The molecule has 0 amide bonds. The van der Waals surface area contributed by atoms with E-state index in [1.807, 2.05) is 36.4 Å². The third kappa shape index (κ3) is 4.68. The fourth-order valence-corrected chi connectivity index (χ4v) is 2.70. The molecule has 0 saturated carbocycles. The van der Waals surface area contributed by atoms with Gasteiger partial charge in [0, 0.05) is 16.7 Å². The maximum atomic E-state index is 13.0. The minimum absolute atomic E-state index is 0.0973. The number of phenols is 1. The molecule has 29 heavy (non-hydrogen) atoms. The fourth-order valence-electron chi connectivity index (χ4n) is 2.70. The Morgan fingerprint density at radius 2 is 1.38 bits per heavy atom. The van der Waals surface area contributed by atoms with Crippen LogP contribution >= 0.6 is 0 Å². The van der Waals surface area contributed by atoms with Gasteiger partial charge in [0.15, 0.2) is 11.5 Å². The first-order valence-corrected chi connectivity index (χ1v) is 8.85. The van der Waals surface area contributed by atoms with Crippen molar-refractivity contribution < 1.29 is 19.4 Å². The molecule has 0 bridgehead atoms. The van der Waals surface area contributed by atoms with Gasteiger partial charge >= 0.3 is 0 Å². The number of benzene rings is 3. The van der Waals surface area contributed by atoms with Crippen LogP contribution in [0.25, 0.3) is 0 Å². The Morgan fingerprint density at radius 1 is 0.862 bits per heavy atom. The van der Waals surface area contributed by atoms with Gasteiger partial charge in [0.25, 0.3) is 0 Å². The van der Waals surface area contributed by atoms with Crippen LogP contribution in [0.4, 0.5) is 0 Å². The molecule has 0 aromatic heterocycles. The zero-order chi connectivity index (χ0) is 20.6. The molecule has 6 heteroatoms. The summed E-state index contributed by atoms with van der Waals surface area (Å²) in [6.45, 7) is 0. The molecule has 0 heterocycles. The van der Waals surface area contributed by atoms with Crippen LogP contribution in [-0.4, -0.2) is 37.0 Å². The molecule has 3 aromatic rings. The number of methoxy groups -OCH3 is 2. The van der Waals surface area contributed by atoms with Gasteiger partial charge in [0.1, 0.15) is 5.71 Å². The summed E-state index contributed by atoms with van der Waals surface area (Å²) in [4.78, 5) is 13.0. The van der Waals surface area contributed by atoms with Crippen LogP contribution in [0.2, 0.25) is 0 Å². The molecule has 6 nitrogen and oxygen atoms in total. The molecular formula is C23H20N2O4. The lowest BCUT2D eigenvalue weighted by Gasteiger charge is -2.09. The van der Waals surface area contributed by atoms with Crippen LogP contribution in [0.3, 0.4) is 0 Å². The summed E-state index contributed by atoms with van der Waals surface area (Å²) < 4.78 is 10.3. The minimum atomic E-state index is -0.227. The molecule has 0 unspecified atom stereocenters. The number of carbonyl (C=O) groups excluding carboxylic acids is 1. The van der Waals surface area contributed by atoms with E-state index >= 15 is 0 Å². The smallest absolute Gasteiger partial charge is 0.213 e. The highest BCUT2D eigenvalue weighted by Gasteiger charge is 2.16. The number of Topliss-reactive ketones (excluding diaryl/α,β-unsaturated/α-hetero) is 1. The molecule has 0 radical (unpaired) electrons. The summed E-state index contributed by atoms with van der Waals surface area (Å²) >= 11 is 0. The standard InChI is InChI=1S/C23H20N2O4/c1-28-19-13-16(14-20(29-2)23(19)27)15-24-25-21(17-9-5-3-6-10-17)22(26)18-11-7-4-8-12-18/h3-15,27H,1-2H3/b24-15+,25-21-. The van der Waals surface area contributed by atoms with Crippen molar-refractivity contribution in [1.82, 2.24) is 0 Å². The second-order valence-corrected chi connectivity index (χ2v) is 6.03. The van der Waals surface area contributed by atoms with E-state index in [1.165, 1.54) is 20.4 Å². The molecule has 0 fully saturated rings. The first-order valence-electron chi connectivity index (χ1n) is 8.85. The zero-order valence-electron chi connectivity index (χ0n) is 16.1. The lowest BCUT2D eigenvalue weighted by atomic mass is 10.0. The van der Waals surface area contributed by atoms with E-state index in [4.69, 9.17) is 9.47 Å². The summed E-state index contributed by atoms with van der Waals surface area (Å²) in [5.41, 5.74) is 2.02. The molecule has 0 atom stereocenters. The second kappa shape index (κ2) is 9.32. The first kappa shape index (κ1) is 19.8. The SMILES string of the molecule is COc1cc(/C=N/N=C(\C(=O)c2ccccc2)c2ccccc2)cc(OC)c1O. The van der Waals surface area contributed by atoms with Crippen LogP contribution < -0.4 is 9.47 Å². The van der Waals surface area contributed by atoms with E-state index in [1.54, 1.807) is 36.4 Å². The Labute approximate surface area is 168 Å². The molecule has 3 aromatic carbocycles.